The Hall–Kier alpha value is -3.03. The number of amides is 2. The van der Waals surface area contributed by atoms with Gasteiger partial charge in [-0.1, -0.05) is 0 Å². The van der Waals surface area contributed by atoms with E-state index in [1.807, 2.05) is 56.1 Å². The lowest BCUT2D eigenvalue weighted by molar-refractivity contribution is -0.126. The third-order valence-electron chi connectivity index (χ3n) is 6.27. The molecule has 31 heavy (non-hydrogen) atoms. The standard InChI is InChI=1S/C23H30N6O2/c1-15-5-6-17(13-24-15)23(31)29-9-7-16(8-10-29)22-25-19(12-20(26-22)27(2)3)18-11-21(30)28(4)14-18/h5-6,12-13,16,18H,7-11,14H2,1-4H3/t18-/m1/s1. The molecule has 0 aliphatic carbocycles. The summed E-state index contributed by atoms with van der Waals surface area (Å²) in [5.41, 5.74) is 2.47. The summed E-state index contributed by atoms with van der Waals surface area (Å²) in [5.74, 6) is 2.19. The number of piperidine rings is 1. The number of aryl methyl sites for hydroxylation is 1. The smallest absolute Gasteiger partial charge is 0.255 e. The van der Waals surface area contributed by atoms with Crippen molar-refractivity contribution in [2.45, 2.75) is 38.0 Å². The van der Waals surface area contributed by atoms with Crippen molar-refractivity contribution >= 4 is 17.6 Å². The largest absolute Gasteiger partial charge is 0.363 e. The summed E-state index contributed by atoms with van der Waals surface area (Å²) in [6.45, 7) is 3.95. The van der Waals surface area contributed by atoms with Crippen LogP contribution in [0.15, 0.2) is 24.4 Å². The van der Waals surface area contributed by atoms with E-state index >= 15 is 0 Å². The van der Waals surface area contributed by atoms with Gasteiger partial charge in [-0.25, -0.2) is 9.97 Å². The van der Waals surface area contributed by atoms with Gasteiger partial charge < -0.3 is 14.7 Å². The zero-order chi connectivity index (χ0) is 22.1. The molecule has 4 rings (SSSR count). The second-order valence-corrected chi connectivity index (χ2v) is 8.83. The lowest BCUT2D eigenvalue weighted by Gasteiger charge is -2.32. The van der Waals surface area contributed by atoms with Crippen LogP contribution in [0.4, 0.5) is 5.82 Å². The second-order valence-electron chi connectivity index (χ2n) is 8.83. The highest BCUT2D eigenvalue weighted by Crippen LogP contribution is 2.32. The lowest BCUT2D eigenvalue weighted by Crippen LogP contribution is -2.38. The minimum Gasteiger partial charge on any atom is -0.363 e. The number of pyridine rings is 1. The summed E-state index contributed by atoms with van der Waals surface area (Å²) >= 11 is 0. The molecule has 0 aromatic carbocycles. The number of aromatic nitrogens is 3. The molecule has 0 saturated carbocycles. The van der Waals surface area contributed by atoms with Crippen molar-refractivity contribution in [1.82, 2.24) is 24.8 Å². The minimum atomic E-state index is 0.0297. The highest BCUT2D eigenvalue weighted by molar-refractivity contribution is 5.94. The molecule has 0 spiro atoms. The highest BCUT2D eigenvalue weighted by atomic mass is 16.2. The van der Waals surface area contributed by atoms with E-state index in [4.69, 9.17) is 9.97 Å². The fraction of sp³-hybridized carbons (Fsp3) is 0.522. The number of hydrogen-bond acceptors (Lipinski definition) is 6. The number of likely N-dealkylation sites (N-methyl/N-ethyl adjacent to an activating group) is 1. The topological polar surface area (TPSA) is 82.5 Å². The zero-order valence-electron chi connectivity index (χ0n) is 18.7. The van der Waals surface area contributed by atoms with Crippen molar-refractivity contribution in [2.75, 3.05) is 45.7 Å². The van der Waals surface area contributed by atoms with Crippen molar-refractivity contribution in [3.8, 4) is 0 Å². The summed E-state index contributed by atoms with van der Waals surface area (Å²) in [6.07, 6.45) is 3.80. The number of likely N-dealkylation sites (tertiary alicyclic amines) is 2. The Morgan fingerprint density at radius 2 is 1.87 bits per heavy atom. The van der Waals surface area contributed by atoms with E-state index in [2.05, 4.69) is 4.98 Å². The molecular weight excluding hydrogens is 392 g/mol. The van der Waals surface area contributed by atoms with Crippen LogP contribution in [0.5, 0.6) is 0 Å². The minimum absolute atomic E-state index is 0.0297. The molecule has 0 radical (unpaired) electrons. The van der Waals surface area contributed by atoms with Gasteiger partial charge in [-0.15, -0.1) is 0 Å². The van der Waals surface area contributed by atoms with Gasteiger partial charge in [0.2, 0.25) is 5.91 Å². The molecular formula is C23H30N6O2. The molecule has 8 heteroatoms. The van der Waals surface area contributed by atoms with Crippen LogP contribution < -0.4 is 4.90 Å². The first-order valence-corrected chi connectivity index (χ1v) is 10.8. The average molecular weight is 423 g/mol. The summed E-state index contributed by atoms with van der Waals surface area (Å²) in [6, 6.07) is 5.71. The maximum Gasteiger partial charge on any atom is 0.255 e. The van der Waals surface area contributed by atoms with E-state index in [1.54, 1.807) is 11.1 Å². The van der Waals surface area contributed by atoms with Gasteiger partial charge in [0, 0.05) is 77.0 Å². The van der Waals surface area contributed by atoms with Crippen LogP contribution in [0, 0.1) is 6.92 Å². The predicted molar refractivity (Wildman–Crippen MR) is 118 cm³/mol. The molecule has 0 bridgehead atoms. The Morgan fingerprint density at radius 3 is 2.45 bits per heavy atom. The fourth-order valence-electron chi connectivity index (χ4n) is 4.27. The second kappa shape index (κ2) is 8.61. The molecule has 1 atom stereocenters. The summed E-state index contributed by atoms with van der Waals surface area (Å²) in [5, 5.41) is 0. The van der Waals surface area contributed by atoms with E-state index < -0.39 is 0 Å². The molecule has 2 aliphatic rings. The Kier molecular flexibility index (Phi) is 5.89. The Morgan fingerprint density at radius 1 is 1.13 bits per heavy atom. The van der Waals surface area contributed by atoms with Crippen LogP contribution in [-0.4, -0.2) is 77.3 Å². The van der Waals surface area contributed by atoms with Crippen LogP contribution in [-0.2, 0) is 4.79 Å². The molecule has 0 unspecified atom stereocenters. The monoisotopic (exact) mass is 422 g/mol. The number of carbonyl (C=O) groups excluding carboxylic acids is 2. The Balaban J connectivity index is 1.49. The molecule has 2 fully saturated rings. The van der Waals surface area contributed by atoms with E-state index in [0.717, 1.165) is 35.9 Å². The van der Waals surface area contributed by atoms with Gasteiger partial charge in [-0.05, 0) is 31.9 Å². The first-order chi connectivity index (χ1) is 14.8. The van der Waals surface area contributed by atoms with Gasteiger partial charge in [0.15, 0.2) is 0 Å². The van der Waals surface area contributed by atoms with Crippen molar-refractivity contribution in [3.05, 3.63) is 47.2 Å². The van der Waals surface area contributed by atoms with E-state index in [9.17, 15) is 9.59 Å². The van der Waals surface area contributed by atoms with Gasteiger partial charge in [0.05, 0.1) is 11.3 Å². The first kappa shape index (κ1) is 21.2. The number of carbonyl (C=O) groups is 2. The number of rotatable bonds is 4. The van der Waals surface area contributed by atoms with E-state index in [1.165, 1.54) is 0 Å². The fourth-order valence-corrected chi connectivity index (χ4v) is 4.27. The molecule has 2 aliphatic heterocycles. The number of hydrogen-bond donors (Lipinski definition) is 0. The van der Waals surface area contributed by atoms with Gasteiger partial charge in [-0.3, -0.25) is 14.6 Å². The van der Waals surface area contributed by atoms with Crippen LogP contribution in [0.1, 0.15) is 58.7 Å². The Labute approximate surface area is 183 Å². The first-order valence-electron chi connectivity index (χ1n) is 10.8. The summed E-state index contributed by atoms with van der Waals surface area (Å²) in [7, 11) is 5.78. The molecule has 164 valence electrons. The molecule has 4 heterocycles. The van der Waals surface area contributed by atoms with Crippen LogP contribution in [0.25, 0.3) is 0 Å². The van der Waals surface area contributed by atoms with Crippen molar-refractivity contribution in [2.24, 2.45) is 0 Å². The zero-order valence-corrected chi connectivity index (χ0v) is 18.7. The van der Waals surface area contributed by atoms with Crippen LogP contribution >= 0.6 is 0 Å². The number of nitrogens with zero attached hydrogens (tertiary/aromatic N) is 6. The van der Waals surface area contributed by atoms with Gasteiger partial charge in [-0.2, -0.15) is 0 Å². The summed E-state index contributed by atoms with van der Waals surface area (Å²) < 4.78 is 0. The van der Waals surface area contributed by atoms with E-state index in [0.29, 0.717) is 31.6 Å². The maximum atomic E-state index is 12.8. The third kappa shape index (κ3) is 4.52. The SMILES string of the molecule is Cc1ccc(C(=O)N2CCC(c3nc([C@@H]4CC(=O)N(C)C4)cc(N(C)C)n3)CC2)cn1. The third-order valence-corrected chi connectivity index (χ3v) is 6.27. The van der Waals surface area contributed by atoms with Crippen LogP contribution in [0.2, 0.25) is 0 Å². The normalized spacial score (nSPS) is 19.7. The average Bonchev–Trinajstić information content (AvgIpc) is 3.12. The molecule has 8 nitrogen and oxygen atoms in total. The lowest BCUT2D eigenvalue weighted by atomic mass is 9.94. The van der Waals surface area contributed by atoms with Gasteiger partial charge in [0.25, 0.3) is 5.91 Å². The highest BCUT2D eigenvalue weighted by Gasteiger charge is 2.32. The molecule has 2 amide bonds. The molecule has 2 aromatic heterocycles. The molecule has 2 saturated heterocycles. The molecule has 2 aromatic rings. The van der Waals surface area contributed by atoms with Crippen LogP contribution in [0.3, 0.4) is 0 Å². The molecule has 0 N–H and O–H groups in total. The van der Waals surface area contributed by atoms with Crippen molar-refractivity contribution in [3.63, 3.8) is 0 Å². The number of anilines is 1. The van der Waals surface area contributed by atoms with E-state index in [-0.39, 0.29) is 23.7 Å². The quantitative estimate of drug-likeness (QED) is 0.751. The van der Waals surface area contributed by atoms with Gasteiger partial charge in [0.1, 0.15) is 11.6 Å². The Bertz CT molecular complexity index is 967. The van der Waals surface area contributed by atoms with Gasteiger partial charge >= 0.3 is 0 Å². The summed E-state index contributed by atoms with van der Waals surface area (Å²) in [4.78, 5) is 44.4. The van der Waals surface area contributed by atoms with Crippen molar-refractivity contribution in [1.29, 1.82) is 0 Å². The predicted octanol–water partition coefficient (Wildman–Crippen LogP) is 2.21. The van der Waals surface area contributed by atoms with Crippen molar-refractivity contribution < 1.29 is 9.59 Å². The maximum absolute atomic E-state index is 12.8.